The fourth-order valence-corrected chi connectivity index (χ4v) is 2.27. The molecule has 0 aliphatic carbocycles. The average Bonchev–Trinajstić information content (AvgIpc) is 2.60. The first-order chi connectivity index (χ1) is 11.0. The monoisotopic (exact) mass is 314 g/mol. The van der Waals surface area contributed by atoms with Crippen LogP contribution in [0, 0.1) is 0 Å². The minimum Gasteiger partial charge on any atom is -0.481 e. The first kappa shape index (κ1) is 17.0. The number of carbonyl (C=O) groups excluding carboxylic acids is 1. The fourth-order valence-electron chi connectivity index (χ4n) is 2.27. The molecule has 0 aliphatic rings. The Morgan fingerprint density at radius 2 is 2.04 bits per heavy atom. The van der Waals surface area contributed by atoms with Gasteiger partial charge in [-0.15, -0.1) is 0 Å². The predicted octanol–water partition coefficient (Wildman–Crippen LogP) is 2.56. The molecule has 0 radical (unpaired) electrons. The number of aliphatic hydroxyl groups excluding tert-OH is 1. The highest BCUT2D eigenvalue weighted by atomic mass is 16.5. The van der Waals surface area contributed by atoms with Crippen molar-refractivity contribution in [2.45, 2.75) is 32.6 Å². The number of hydrogen-bond acceptors (Lipinski definition) is 4. The third-order valence-electron chi connectivity index (χ3n) is 3.79. The summed E-state index contributed by atoms with van der Waals surface area (Å²) in [5.74, 6) is 0.439. The van der Waals surface area contributed by atoms with Crippen molar-refractivity contribution in [3.63, 3.8) is 0 Å². The van der Waals surface area contributed by atoms with E-state index in [1.54, 1.807) is 49.3 Å². The maximum atomic E-state index is 12.5. The van der Waals surface area contributed by atoms with Crippen LogP contribution in [0.25, 0.3) is 0 Å². The predicted molar refractivity (Wildman–Crippen MR) is 87.9 cm³/mol. The van der Waals surface area contributed by atoms with Gasteiger partial charge in [-0.1, -0.05) is 18.2 Å². The lowest BCUT2D eigenvalue weighted by Crippen LogP contribution is -2.39. The van der Waals surface area contributed by atoms with E-state index in [2.05, 4.69) is 4.98 Å². The number of aromatic nitrogens is 1. The van der Waals surface area contributed by atoms with E-state index in [1.807, 2.05) is 25.1 Å². The van der Waals surface area contributed by atoms with Crippen molar-refractivity contribution in [1.29, 1.82) is 0 Å². The summed E-state index contributed by atoms with van der Waals surface area (Å²) in [7, 11) is 1.74. The van der Waals surface area contributed by atoms with Gasteiger partial charge in [-0.3, -0.25) is 9.78 Å². The van der Waals surface area contributed by atoms with E-state index < -0.39 is 6.10 Å². The lowest BCUT2D eigenvalue weighted by molar-refractivity contribution is -0.138. The summed E-state index contributed by atoms with van der Waals surface area (Å²) in [6.07, 6.45) is 1.09. The van der Waals surface area contributed by atoms with Crippen LogP contribution < -0.4 is 4.74 Å². The molecule has 1 heterocycles. The van der Waals surface area contributed by atoms with E-state index in [4.69, 9.17) is 9.84 Å². The van der Waals surface area contributed by atoms with E-state index in [0.717, 1.165) is 11.3 Å². The zero-order valence-electron chi connectivity index (χ0n) is 13.6. The number of carbonyl (C=O) groups is 1. The van der Waals surface area contributed by atoms with Crippen LogP contribution >= 0.6 is 0 Å². The molecule has 1 aromatic carbocycles. The Balaban J connectivity index is 2.03. The van der Waals surface area contributed by atoms with Crippen LogP contribution in [0.3, 0.4) is 0 Å². The molecular weight excluding hydrogens is 292 g/mol. The molecule has 5 heteroatoms. The molecule has 5 nitrogen and oxygen atoms in total. The number of likely N-dealkylation sites (N-methyl/N-ethyl adjacent to an activating group) is 1. The third-order valence-corrected chi connectivity index (χ3v) is 3.79. The van der Waals surface area contributed by atoms with Crippen LogP contribution in [-0.2, 0) is 11.4 Å². The molecule has 0 saturated heterocycles. The molecule has 1 aromatic heterocycles. The van der Waals surface area contributed by atoms with E-state index in [-0.39, 0.29) is 18.6 Å². The molecule has 2 aromatic rings. The second-order valence-electron chi connectivity index (χ2n) is 5.45. The van der Waals surface area contributed by atoms with Gasteiger partial charge in [-0.2, -0.15) is 0 Å². The van der Waals surface area contributed by atoms with Crippen LogP contribution in [0.2, 0.25) is 0 Å². The second kappa shape index (κ2) is 7.74. The molecule has 23 heavy (non-hydrogen) atoms. The molecule has 0 spiro atoms. The molecule has 122 valence electrons. The number of hydrogen-bond donors (Lipinski definition) is 1. The summed E-state index contributed by atoms with van der Waals surface area (Å²) in [5.41, 5.74) is 1.58. The fraction of sp³-hybridized carbons (Fsp3) is 0.333. The molecule has 0 fully saturated rings. The number of rotatable bonds is 6. The molecule has 0 bridgehead atoms. The second-order valence-corrected chi connectivity index (χ2v) is 5.45. The first-order valence-corrected chi connectivity index (χ1v) is 7.57. The van der Waals surface area contributed by atoms with Gasteiger partial charge >= 0.3 is 0 Å². The highest BCUT2D eigenvalue weighted by molar-refractivity contribution is 5.81. The molecule has 0 saturated carbocycles. The standard InChI is InChI=1S/C18H22N2O3/c1-13(17-9-4-5-10-19-17)20(3)18(22)14(2)23-16-8-6-7-15(11-16)12-21/h4-11,13-14,21H,12H2,1-3H3. The number of ether oxygens (including phenoxy) is 1. The Kier molecular flexibility index (Phi) is 5.71. The largest absolute Gasteiger partial charge is 0.481 e. The Morgan fingerprint density at radius 3 is 2.70 bits per heavy atom. The topological polar surface area (TPSA) is 62.7 Å². The van der Waals surface area contributed by atoms with Gasteiger partial charge in [0.15, 0.2) is 6.10 Å². The van der Waals surface area contributed by atoms with Gasteiger partial charge in [0.05, 0.1) is 18.3 Å². The highest BCUT2D eigenvalue weighted by Gasteiger charge is 2.24. The van der Waals surface area contributed by atoms with E-state index in [9.17, 15) is 4.79 Å². The summed E-state index contributed by atoms with van der Waals surface area (Å²) in [4.78, 5) is 18.5. The Hall–Kier alpha value is -2.40. The van der Waals surface area contributed by atoms with Gasteiger partial charge in [0.2, 0.25) is 0 Å². The van der Waals surface area contributed by atoms with E-state index >= 15 is 0 Å². The molecule has 2 rings (SSSR count). The van der Waals surface area contributed by atoms with Gasteiger partial charge in [0.25, 0.3) is 5.91 Å². The number of amides is 1. The minimum absolute atomic E-state index is 0.0594. The van der Waals surface area contributed by atoms with Crippen LogP contribution in [-0.4, -0.2) is 34.0 Å². The van der Waals surface area contributed by atoms with Crippen molar-refractivity contribution in [3.8, 4) is 5.75 Å². The minimum atomic E-state index is -0.625. The van der Waals surface area contributed by atoms with Crippen LogP contribution in [0.5, 0.6) is 5.75 Å². The van der Waals surface area contributed by atoms with Crippen molar-refractivity contribution in [3.05, 3.63) is 59.9 Å². The van der Waals surface area contributed by atoms with E-state index in [0.29, 0.717) is 5.75 Å². The SMILES string of the molecule is CC(Oc1cccc(CO)c1)C(=O)N(C)C(C)c1ccccn1. The Morgan fingerprint density at radius 1 is 1.26 bits per heavy atom. The molecule has 1 N–H and O–H groups in total. The molecule has 2 unspecified atom stereocenters. The van der Waals surface area contributed by atoms with Gasteiger partial charge in [-0.05, 0) is 43.7 Å². The summed E-state index contributed by atoms with van der Waals surface area (Å²) in [5, 5.41) is 9.15. The van der Waals surface area contributed by atoms with Crippen molar-refractivity contribution in [2.75, 3.05) is 7.05 Å². The van der Waals surface area contributed by atoms with Gasteiger partial charge in [0, 0.05) is 13.2 Å². The summed E-state index contributed by atoms with van der Waals surface area (Å²) in [6, 6.07) is 12.6. The third kappa shape index (κ3) is 4.29. The molecular formula is C18H22N2O3. The lowest BCUT2D eigenvalue weighted by Gasteiger charge is -2.27. The van der Waals surface area contributed by atoms with Crippen molar-refractivity contribution >= 4 is 5.91 Å². The Labute approximate surface area is 136 Å². The van der Waals surface area contributed by atoms with Gasteiger partial charge < -0.3 is 14.7 Å². The first-order valence-electron chi connectivity index (χ1n) is 7.57. The lowest BCUT2D eigenvalue weighted by atomic mass is 10.1. The van der Waals surface area contributed by atoms with Crippen molar-refractivity contribution in [1.82, 2.24) is 9.88 Å². The van der Waals surface area contributed by atoms with Crippen LogP contribution in [0.15, 0.2) is 48.7 Å². The van der Waals surface area contributed by atoms with E-state index in [1.165, 1.54) is 0 Å². The van der Waals surface area contributed by atoms with Crippen molar-refractivity contribution in [2.24, 2.45) is 0 Å². The van der Waals surface area contributed by atoms with Gasteiger partial charge in [-0.25, -0.2) is 0 Å². The maximum absolute atomic E-state index is 12.5. The number of pyridine rings is 1. The maximum Gasteiger partial charge on any atom is 0.263 e. The molecule has 1 amide bonds. The number of aliphatic hydroxyl groups is 1. The number of benzene rings is 1. The highest BCUT2D eigenvalue weighted by Crippen LogP contribution is 2.19. The van der Waals surface area contributed by atoms with Crippen molar-refractivity contribution < 1.29 is 14.6 Å². The molecule has 0 aliphatic heterocycles. The Bertz CT molecular complexity index is 646. The summed E-state index contributed by atoms with van der Waals surface area (Å²) in [6.45, 7) is 3.59. The zero-order valence-corrected chi connectivity index (χ0v) is 13.6. The molecule has 2 atom stereocenters. The van der Waals surface area contributed by atoms with Crippen LogP contribution in [0.1, 0.15) is 31.1 Å². The zero-order chi connectivity index (χ0) is 16.8. The average molecular weight is 314 g/mol. The quantitative estimate of drug-likeness (QED) is 0.890. The van der Waals surface area contributed by atoms with Crippen LogP contribution in [0.4, 0.5) is 0 Å². The smallest absolute Gasteiger partial charge is 0.263 e. The summed E-state index contributed by atoms with van der Waals surface area (Å²) >= 11 is 0. The number of nitrogens with zero attached hydrogens (tertiary/aromatic N) is 2. The van der Waals surface area contributed by atoms with Gasteiger partial charge in [0.1, 0.15) is 5.75 Å². The normalized spacial score (nSPS) is 13.2. The summed E-state index contributed by atoms with van der Waals surface area (Å²) < 4.78 is 5.70.